The van der Waals surface area contributed by atoms with E-state index in [4.69, 9.17) is 19.5 Å². The average Bonchev–Trinajstić information content (AvgIpc) is 2.74. The van der Waals surface area contributed by atoms with Gasteiger partial charge in [-0.05, 0) is 50.2 Å². The zero-order valence-electron chi connectivity index (χ0n) is 16.7. The Balaban J connectivity index is 1.59. The summed E-state index contributed by atoms with van der Waals surface area (Å²) in [6.07, 6.45) is -0.490. The molecule has 6 nitrogen and oxygen atoms in total. The Labute approximate surface area is 173 Å². The molecule has 0 radical (unpaired) electrons. The van der Waals surface area contributed by atoms with Crippen LogP contribution in [-0.4, -0.2) is 48.8 Å². The van der Waals surface area contributed by atoms with E-state index in [0.29, 0.717) is 24.5 Å². The van der Waals surface area contributed by atoms with Crippen LogP contribution in [-0.2, 0) is 9.53 Å². The number of morpholine rings is 1. The highest BCUT2D eigenvalue weighted by Crippen LogP contribution is 2.23. The number of nitrogens with zero attached hydrogens (tertiary/aromatic N) is 2. The molecule has 0 saturated carbocycles. The monoisotopic (exact) mass is 416 g/mol. The number of hydrogen-bond donors (Lipinski definition) is 0. The molecule has 0 N–H and O–H groups in total. The van der Waals surface area contributed by atoms with E-state index in [1.165, 1.54) is 0 Å². The van der Waals surface area contributed by atoms with Gasteiger partial charge in [-0.25, -0.2) is 8.78 Å². The fraction of sp³-hybridized carbons (Fsp3) is 0.364. The summed E-state index contributed by atoms with van der Waals surface area (Å²) in [7, 11) is 0. The van der Waals surface area contributed by atoms with E-state index in [1.54, 1.807) is 43.0 Å². The quantitative estimate of drug-likeness (QED) is 0.723. The van der Waals surface area contributed by atoms with Gasteiger partial charge in [0, 0.05) is 12.6 Å². The lowest BCUT2D eigenvalue weighted by molar-refractivity contribution is -0.153. The molecule has 1 aliphatic rings. The van der Waals surface area contributed by atoms with Crippen molar-refractivity contribution in [2.24, 2.45) is 0 Å². The minimum absolute atomic E-state index is 0.0267. The Morgan fingerprint density at radius 2 is 2.00 bits per heavy atom. The molecule has 0 bridgehead atoms. The van der Waals surface area contributed by atoms with E-state index in [0.717, 1.165) is 18.2 Å². The molecule has 0 aromatic heterocycles. The summed E-state index contributed by atoms with van der Waals surface area (Å²) in [6, 6.07) is 11.5. The van der Waals surface area contributed by atoms with Crippen LogP contribution in [0.5, 0.6) is 11.5 Å². The summed E-state index contributed by atoms with van der Waals surface area (Å²) in [6.45, 7) is 4.20. The Kier molecular flexibility index (Phi) is 6.53. The van der Waals surface area contributed by atoms with Crippen LogP contribution in [0.3, 0.4) is 0 Å². The van der Waals surface area contributed by atoms with Gasteiger partial charge in [0.15, 0.2) is 17.2 Å². The van der Waals surface area contributed by atoms with Gasteiger partial charge in [-0.2, -0.15) is 5.26 Å². The van der Waals surface area contributed by atoms with Gasteiger partial charge in [0.1, 0.15) is 24.3 Å². The van der Waals surface area contributed by atoms with Gasteiger partial charge in [0.05, 0.1) is 24.8 Å². The molecule has 1 atom stereocenters. The second-order valence-corrected chi connectivity index (χ2v) is 7.38. The molecule has 8 heteroatoms. The van der Waals surface area contributed by atoms with Crippen LogP contribution in [0.1, 0.15) is 19.4 Å². The standard InChI is InChI=1S/C22H22F2N2O4/c1-22(2,30-17-6-3-15(12-25)4-7-17)21(27)26-9-10-28-18(13-26)14-29-20-11-16(23)5-8-19(20)24/h3-8,11,18H,9-10,13-14H2,1-2H3. The van der Waals surface area contributed by atoms with Gasteiger partial charge in [0.2, 0.25) is 0 Å². The van der Waals surface area contributed by atoms with E-state index >= 15 is 0 Å². The number of benzene rings is 2. The fourth-order valence-electron chi connectivity index (χ4n) is 3.09. The van der Waals surface area contributed by atoms with Crippen molar-refractivity contribution < 1.29 is 27.8 Å². The van der Waals surface area contributed by atoms with Gasteiger partial charge < -0.3 is 19.1 Å². The predicted molar refractivity (Wildman–Crippen MR) is 104 cm³/mol. The Morgan fingerprint density at radius 3 is 2.70 bits per heavy atom. The van der Waals surface area contributed by atoms with Gasteiger partial charge in [-0.3, -0.25) is 4.79 Å². The third-order valence-corrected chi connectivity index (χ3v) is 4.62. The first-order chi connectivity index (χ1) is 14.3. The maximum atomic E-state index is 13.7. The van der Waals surface area contributed by atoms with Crippen LogP contribution < -0.4 is 9.47 Å². The van der Waals surface area contributed by atoms with Crippen molar-refractivity contribution in [3.05, 3.63) is 59.7 Å². The number of ether oxygens (including phenoxy) is 3. The first-order valence-corrected chi connectivity index (χ1v) is 9.46. The molecule has 2 aromatic rings. The topological polar surface area (TPSA) is 71.8 Å². The lowest BCUT2D eigenvalue weighted by Gasteiger charge is -2.37. The SMILES string of the molecule is CC(C)(Oc1ccc(C#N)cc1)C(=O)N1CCOC(COc2cc(F)ccc2F)C1. The lowest BCUT2D eigenvalue weighted by Crippen LogP contribution is -2.55. The van der Waals surface area contributed by atoms with Crippen LogP contribution >= 0.6 is 0 Å². The van der Waals surface area contributed by atoms with Crippen LogP contribution in [0.4, 0.5) is 8.78 Å². The highest BCUT2D eigenvalue weighted by Gasteiger charge is 2.37. The van der Waals surface area contributed by atoms with Crippen molar-refractivity contribution in [2.75, 3.05) is 26.3 Å². The van der Waals surface area contributed by atoms with Crippen molar-refractivity contribution in [3.8, 4) is 17.6 Å². The van der Waals surface area contributed by atoms with Crippen LogP contribution in [0.2, 0.25) is 0 Å². The second-order valence-electron chi connectivity index (χ2n) is 7.38. The summed E-state index contributed by atoms with van der Waals surface area (Å²) in [4.78, 5) is 14.6. The number of amides is 1. The number of hydrogen-bond acceptors (Lipinski definition) is 5. The van der Waals surface area contributed by atoms with Crippen molar-refractivity contribution in [1.29, 1.82) is 5.26 Å². The van der Waals surface area contributed by atoms with E-state index < -0.39 is 23.3 Å². The van der Waals surface area contributed by atoms with Crippen molar-refractivity contribution in [1.82, 2.24) is 4.90 Å². The summed E-state index contributed by atoms with van der Waals surface area (Å²) in [5.74, 6) is -1.24. The smallest absolute Gasteiger partial charge is 0.266 e. The highest BCUT2D eigenvalue weighted by molar-refractivity contribution is 5.85. The van der Waals surface area contributed by atoms with Crippen LogP contribution in [0, 0.1) is 23.0 Å². The van der Waals surface area contributed by atoms with Crippen LogP contribution in [0.15, 0.2) is 42.5 Å². The van der Waals surface area contributed by atoms with E-state index in [2.05, 4.69) is 0 Å². The molecule has 1 aliphatic heterocycles. The molecular formula is C22H22F2N2O4. The molecule has 158 valence electrons. The summed E-state index contributed by atoms with van der Waals surface area (Å²) in [5, 5.41) is 8.88. The van der Waals surface area contributed by atoms with Gasteiger partial charge in [0.25, 0.3) is 5.91 Å². The molecule has 1 fully saturated rings. The number of carbonyl (C=O) groups excluding carboxylic acids is 1. The largest absolute Gasteiger partial charge is 0.488 e. The average molecular weight is 416 g/mol. The molecule has 1 saturated heterocycles. The molecule has 30 heavy (non-hydrogen) atoms. The Bertz CT molecular complexity index is 941. The normalized spacial score (nSPS) is 16.6. The van der Waals surface area contributed by atoms with E-state index in [9.17, 15) is 13.6 Å². The van der Waals surface area contributed by atoms with Gasteiger partial charge in [-0.1, -0.05) is 0 Å². The first-order valence-electron chi connectivity index (χ1n) is 9.46. The van der Waals surface area contributed by atoms with Crippen molar-refractivity contribution in [2.45, 2.75) is 25.6 Å². The van der Waals surface area contributed by atoms with Crippen molar-refractivity contribution in [3.63, 3.8) is 0 Å². The Morgan fingerprint density at radius 1 is 1.27 bits per heavy atom. The summed E-state index contributed by atoms with van der Waals surface area (Å²) < 4.78 is 43.8. The lowest BCUT2D eigenvalue weighted by atomic mass is 10.1. The minimum Gasteiger partial charge on any atom is -0.488 e. The number of rotatable bonds is 6. The molecule has 3 rings (SSSR count). The molecule has 0 spiro atoms. The minimum atomic E-state index is -1.15. The zero-order chi connectivity index (χ0) is 21.7. The number of halogens is 2. The summed E-state index contributed by atoms with van der Waals surface area (Å²) in [5.41, 5.74) is -0.650. The molecule has 0 aliphatic carbocycles. The number of nitriles is 1. The molecule has 1 amide bonds. The second kappa shape index (κ2) is 9.09. The molecular weight excluding hydrogens is 394 g/mol. The van der Waals surface area contributed by atoms with Crippen molar-refractivity contribution >= 4 is 5.91 Å². The summed E-state index contributed by atoms with van der Waals surface area (Å²) >= 11 is 0. The van der Waals surface area contributed by atoms with E-state index in [-0.39, 0.29) is 24.8 Å². The van der Waals surface area contributed by atoms with Gasteiger partial charge >= 0.3 is 0 Å². The maximum absolute atomic E-state index is 13.7. The first kappa shape index (κ1) is 21.5. The Hall–Kier alpha value is -3.18. The van der Waals surface area contributed by atoms with E-state index in [1.807, 2.05) is 6.07 Å². The van der Waals surface area contributed by atoms with Crippen LogP contribution in [0.25, 0.3) is 0 Å². The zero-order valence-corrected chi connectivity index (χ0v) is 16.7. The number of carbonyl (C=O) groups is 1. The molecule has 2 aromatic carbocycles. The third kappa shape index (κ3) is 5.24. The molecule has 1 heterocycles. The molecule has 1 unspecified atom stereocenters. The maximum Gasteiger partial charge on any atom is 0.266 e. The third-order valence-electron chi connectivity index (χ3n) is 4.62. The fourth-order valence-corrected chi connectivity index (χ4v) is 3.09. The highest BCUT2D eigenvalue weighted by atomic mass is 19.1. The van der Waals surface area contributed by atoms with Gasteiger partial charge in [-0.15, -0.1) is 0 Å². The predicted octanol–water partition coefficient (Wildman–Crippen LogP) is 3.30.